The third-order valence-electron chi connectivity index (χ3n) is 6.00. The van der Waals surface area contributed by atoms with E-state index in [2.05, 4.69) is 4.74 Å². The van der Waals surface area contributed by atoms with Gasteiger partial charge in [-0.1, -0.05) is 48.5 Å². The van der Waals surface area contributed by atoms with Crippen molar-refractivity contribution in [2.75, 3.05) is 6.54 Å². The van der Waals surface area contributed by atoms with Gasteiger partial charge in [0.25, 0.3) is 15.9 Å². The molecule has 10 heteroatoms. The summed E-state index contributed by atoms with van der Waals surface area (Å²) < 4.78 is 56.5. The van der Waals surface area contributed by atoms with Crippen LogP contribution in [-0.2, 0) is 26.0 Å². The number of benzene rings is 3. The minimum Gasteiger partial charge on any atom is -0.435 e. The van der Waals surface area contributed by atoms with Crippen LogP contribution < -0.4 is 9.46 Å². The highest BCUT2D eigenvalue weighted by atomic mass is 32.2. The molecule has 1 atom stereocenters. The summed E-state index contributed by atoms with van der Waals surface area (Å²) in [6.07, 6.45) is 0.341. The van der Waals surface area contributed by atoms with Crippen LogP contribution in [0.5, 0.6) is 5.75 Å². The normalized spacial score (nSPS) is 17.9. The monoisotopic (exact) mass is 488 g/mol. The zero-order valence-corrected chi connectivity index (χ0v) is 19.0. The highest BCUT2D eigenvalue weighted by Crippen LogP contribution is 2.32. The third-order valence-corrected chi connectivity index (χ3v) is 7.33. The van der Waals surface area contributed by atoms with Crippen molar-refractivity contribution >= 4 is 32.6 Å². The van der Waals surface area contributed by atoms with Gasteiger partial charge < -0.3 is 9.64 Å². The van der Waals surface area contributed by atoms with E-state index in [1.54, 1.807) is 0 Å². The van der Waals surface area contributed by atoms with E-state index >= 15 is 0 Å². The van der Waals surface area contributed by atoms with Gasteiger partial charge in [0, 0.05) is 12.6 Å². The van der Waals surface area contributed by atoms with Gasteiger partial charge in [0.2, 0.25) is 5.91 Å². The number of alkyl halides is 2. The molecule has 7 nitrogen and oxygen atoms in total. The number of carbonyl (C=O) groups is 2. The van der Waals surface area contributed by atoms with Crippen LogP contribution in [0.4, 0.5) is 8.78 Å². The lowest BCUT2D eigenvalue weighted by molar-refractivity contribution is -0.156. The van der Waals surface area contributed by atoms with E-state index < -0.39 is 33.0 Å². The average molecular weight is 489 g/mol. The molecule has 1 fully saturated rings. The first-order valence-corrected chi connectivity index (χ1v) is 12.0. The van der Waals surface area contributed by atoms with Gasteiger partial charge in [0.15, 0.2) is 0 Å². The molecule has 1 saturated heterocycles. The zero-order chi connectivity index (χ0) is 24.5. The van der Waals surface area contributed by atoms with E-state index in [1.807, 2.05) is 47.2 Å². The number of nitrogens with zero attached hydrogens (tertiary/aromatic N) is 1. The largest absolute Gasteiger partial charge is 0.435 e. The van der Waals surface area contributed by atoms with Gasteiger partial charge >= 0.3 is 6.61 Å². The van der Waals surface area contributed by atoms with Crippen LogP contribution >= 0.6 is 0 Å². The maximum Gasteiger partial charge on any atom is 0.387 e. The summed E-state index contributed by atoms with van der Waals surface area (Å²) in [7, 11) is -4.38. The quantitative estimate of drug-likeness (QED) is 0.550. The summed E-state index contributed by atoms with van der Waals surface area (Å²) in [5.74, 6) is -1.53. The number of sulfonamides is 1. The second kappa shape index (κ2) is 9.02. The molecule has 0 aliphatic carbocycles. The Morgan fingerprint density at radius 2 is 1.79 bits per heavy atom. The maximum atomic E-state index is 13.1. The molecule has 34 heavy (non-hydrogen) atoms. The number of hydrogen-bond acceptors (Lipinski definition) is 5. The van der Waals surface area contributed by atoms with Crippen molar-refractivity contribution in [3.05, 3.63) is 72.3 Å². The number of amides is 2. The second-order valence-corrected chi connectivity index (χ2v) is 9.85. The molecule has 1 aliphatic heterocycles. The summed E-state index contributed by atoms with van der Waals surface area (Å²) in [5, 5.41) is 1.92. The smallest absolute Gasteiger partial charge is 0.387 e. The number of ether oxygens (including phenoxy) is 1. The molecule has 3 aromatic rings. The molecule has 1 aliphatic rings. The van der Waals surface area contributed by atoms with Crippen molar-refractivity contribution in [1.29, 1.82) is 0 Å². The fraction of sp³-hybridized carbons (Fsp3) is 0.250. The van der Waals surface area contributed by atoms with Gasteiger partial charge in [-0.2, -0.15) is 8.78 Å². The van der Waals surface area contributed by atoms with Crippen molar-refractivity contribution in [1.82, 2.24) is 9.62 Å². The molecule has 0 saturated carbocycles. The maximum absolute atomic E-state index is 13.1. The standard InChI is InChI=1S/C24H22F2N2O5S/c1-24(22(30)27-34(31,32)19-10-5-9-18(15-19)33-23(25)26)12-13-28(24)21(29)14-17-8-4-7-16-6-2-3-11-20(16)17/h2-11,15,23H,12-14H2,1H3,(H,27,30). The molecule has 1 N–H and O–H groups in total. The fourth-order valence-corrected chi connectivity index (χ4v) is 5.12. The van der Waals surface area contributed by atoms with Gasteiger partial charge in [-0.05, 0) is 41.8 Å². The van der Waals surface area contributed by atoms with Gasteiger partial charge in [-0.3, -0.25) is 9.59 Å². The minimum atomic E-state index is -4.38. The molecular formula is C24H22F2N2O5S. The molecule has 4 rings (SSSR count). The number of fused-ring (bicyclic) bond motifs is 1. The molecule has 0 spiro atoms. The van der Waals surface area contributed by atoms with E-state index in [9.17, 15) is 26.8 Å². The summed E-state index contributed by atoms with van der Waals surface area (Å²) in [6.45, 7) is -1.31. The molecule has 3 aromatic carbocycles. The van der Waals surface area contributed by atoms with E-state index in [0.29, 0.717) is 6.54 Å². The van der Waals surface area contributed by atoms with E-state index in [1.165, 1.54) is 24.0 Å². The topological polar surface area (TPSA) is 92.8 Å². The van der Waals surface area contributed by atoms with Crippen molar-refractivity contribution < 1.29 is 31.5 Å². The first kappa shape index (κ1) is 23.6. The Morgan fingerprint density at radius 3 is 2.50 bits per heavy atom. The predicted octanol–water partition coefficient (Wildman–Crippen LogP) is 3.48. The van der Waals surface area contributed by atoms with Crippen molar-refractivity contribution in [3.8, 4) is 5.75 Å². The van der Waals surface area contributed by atoms with Crippen molar-refractivity contribution in [3.63, 3.8) is 0 Å². The van der Waals surface area contributed by atoms with Gasteiger partial charge in [-0.15, -0.1) is 0 Å². The Balaban J connectivity index is 1.49. The number of carbonyl (C=O) groups excluding carboxylic acids is 2. The van der Waals surface area contributed by atoms with Crippen molar-refractivity contribution in [2.24, 2.45) is 0 Å². The van der Waals surface area contributed by atoms with E-state index in [-0.39, 0.29) is 24.5 Å². The Hall–Kier alpha value is -3.53. The third kappa shape index (κ3) is 4.58. The minimum absolute atomic E-state index is 0.0595. The van der Waals surface area contributed by atoms with Crippen LogP contribution in [0.15, 0.2) is 71.6 Å². The van der Waals surface area contributed by atoms with Crippen LogP contribution in [0.3, 0.4) is 0 Å². The zero-order valence-electron chi connectivity index (χ0n) is 18.2. The fourth-order valence-electron chi connectivity index (χ4n) is 4.01. The van der Waals surface area contributed by atoms with Gasteiger partial charge in [0.1, 0.15) is 11.3 Å². The second-order valence-electron chi connectivity index (χ2n) is 8.17. The highest BCUT2D eigenvalue weighted by Gasteiger charge is 2.50. The Labute approximate surface area is 195 Å². The number of halogens is 2. The van der Waals surface area contributed by atoms with E-state index in [4.69, 9.17) is 0 Å². The Bertz CT molecular complexity index is 1360. The van der Waals surface area contributed by atoms with Crippen LogP contribution in [0.25, 0.3) is 10.8 Å². The lowest BCUT2D eigenvalue weighted by Crippen LogP contribution is -2.68. The molecule has 0 bridgehead atoms. The first-order chi connectivity index (χ1) is 16.1. The molecule has 1 heterocycles. The summed E-state index contributed by atoms with van der Waals surface area (Å²) in [6, 6.07) is 17.7. The predicted molar refractivity (Wildman–Crippen MR) is 121 cm³/mol. The molecule has 0 aromatic heterocycles. The SMILES string of the molecule is CC1(C(=O)NS(=O)(=O)c2cccc(OC(F)F)c2)CCN1C(=O)Cc1cccc2ccccc12. The van der Waals surface area contributed by atoms with Gasteiger partial charge in [-0.25, -0.2) is 13.1 Å². The summed E-state index contributed by atoms with van der Waals surface area (Å²) >= 11 is 0. The average Bonchev–Trinajstić information content (AvgIpc) is 2.77. The van der Waals surface area contributed by atoms with Crippen LogP contribution in [0.1, 0.15) is 18.9 Å². The Kier molecular flexibility index (Phi) is 6.26. The number of hydrogen-bond donors (Lipinski definition) is 1. The van der Waals surface area contributed by atoms with Crippen LogP contribution in [0.2, 0.25) is 0 Å². The molecule has 2 amide bonds. The lowest BCUT2D eigenvalue weighted by Gasteiger charge is -2.49. The number of nitrogens with one attached hydrogen (secondary N) is 1. The van der Waals surface area contributed by atoms with Gasteiger partial charge in [0.05, 0.1) is 11.3 Å². The van der Waals surface area contributed by atoms with Crippen molar-refractivity contribution in [2.45, 2.75) is 36.8 Å². The number of rotatable bonds is 7. The lowest BCUT2D eigenvalue weighted by atomic mass is 9.85. The van der Waals surface area contributed by atoms with Crippen LogP contribution in [0, 0.1) is 0 Å². The number of likely N-dealkylation sites (tertiary alicyclic amines) is 1. The summed E-state index contributed by atoms with van der Waals surface area (Å²) in [5.41, 5.74) is -0.549. The Morgan fingerprint density at radius 1 is 1.09 bits per heavy atom. The first-order valence-electron chi connectivity index (χ1n) is 10.5. The highest BCUT2D eigenvalue weighted by molar-refractivity contribution is 7.90. The summed E-state index contributed by atoms with van der Waals surface area (Å²) in [4.78, 5) is 26.9. The van der Waals surface area contributed by atoms with Crippen LogP contribution in [-0.4, -0.2) is 43.8 Å². The molecular weight excluding hydrogens is 466 g/mol. The molecule has 1 unspecified atom stereocenters. The molecule has 178 valence electrons. The molecule has 0 radical (unpaired) electrons. The van der Waals surface area contributed by atoms with E-state index in [0.717, 1.165) is 28.5 Å².